The summed E-state index contributed by atoms with van der Waals surface area (Å²) in [5.74, 6) is -1.68. The first-order valence-electron chi connectivity index (χ1n) is 5.50. The number of carbonyl (C=O) groups is 1. The highest BCUT2D eigenvalue weighted by atomic mass is 35.5. The van der Waals surface area contributed by atoms with E-state index in [1.54, 1.807) is 0 Å². The Balaban J connectivity index is 2.28. The number of carbonyl (C=O) groups excluding carboxylic acids is 1. The molecule has 0 aromatic heterocycles. The van der Waals surface area contributed by atoms with Crippen molar-refractivity contribution in [2.75, 3.05) is 5.73 Å². The van der Waals surface area contributed by atoms with Gasteiger partial charge < -0.3 is 5.73 Å². The molecule has 0 aliphatic carbocycles. The summed E-state index contributed by atoms with van der Waals surface area (Å²) in [5.41, 5.74) is 5.51. The second-order valence-electron chi connectivity index (χ2n) is 4.04. The summed E-state index contributed by atoms with van der Waals surface area (Å²) in [4.78, 5) is 12.0. The van der Waals surface area contributed by atoms with Crippen LogP contribution in [0.4, 0.5) is 14.5 Å². The molecule has 0 amide bonds. The monoisotopic (exact) mass is 281 g/mol. The van der Waals surface area contributed by atoms with Crippen LogP contribution in [0.25, 0.3) is 0 Å². The molecule has 0 aliphatic heterocycles. The predicted molar refractivity (Wildman–Crippen MR) is 70.3 cm³/mol. The summed E-state index contributed by atoms with van der Waals surface area (Å²) in [5, 5.41) is 0.249. The molecule has 2 rings (SSSR count). The van der Waals surface area contributed by atoms with Crippen LogP contribution in [0, 0.1) is 11.6 Å². The van der Waals surface area contributed by atoms with Crippen molar-refractivity contribution in [1.82, 2.24) is 0 Å². The molecule has 0 heterocycles. The fraction of sp³-hybridized carbons (Fsp3) is 0.0714. The molecular weight excluding hydrogens is 272 g/mol. The van der Waals surface area contributed by atoms with Crippen LogP contribution in [0.3, 0.4) is 0 Å². The van der Waals surface area contributed by atoms with E-state index in [9.17, 15) is 13.6 Å². The molecule has 2 aromatic carbocycles. The minimum absolute atomic E-state index is 0.0503. The Bertz CT molecular complexity index is 643. The minimum atomic E-state index is -0.664. The van der Waals surface area contributed by atoms with Crippen molar-refractivity contribution in [2.24, 2.45) is 0 Å². The van der Waals surface area contributed by atoms with Gasteiger partial charge in [0.25, 0.3) is 0 Å². The van der Waals surface area contributed by atoms with Gasteiger partial charge in [-0.2, -0.15) is 0 Å². The largest absolute Gasteiger partial charge is 0.396 e. The Morgan fingerprint density at radius 1 is 1.16 bits per heavy atom. The third-order valence-corrected chi connectivity index (χ3v) is 2.95. The number of nitrogen functional groups attached to an aromatic ring is 1. The number of rotatable bonds is 3. The van der Waals surface area contributed by atoms with E-state index < -0.39 is 17.4 Å². The zero-order chi connectivity index (χ0) is 14.0. The maximum Gasteiger partial charge on any atom is 0.169 e. The summed E-state index contributed by atoms with van der Waals surface area (Å²) < 4.78 is 26.8. The average molecular weight is 282 g/mol. The summed E-state index contributed by atoms with van der Waals surface area (Å²) in [6.07, 6.45) is -0.198. The molecule has 0 fully saturated rings. The number of halogens is 3. The third kappa shape index (κ3) is 2.90. The molecule has 0 saturated heterocycles. The van der Waals surface area contributed by atoms with Crippen LogP contribution in [0.2, 0.25) is 5.02 Å². The van der Waals surface area contributed by atoms with Crippen molar-refractivity contribution in [3.05, 3.63) is 64.2 Å². The number of hydrogen-bond donors (Lipinski definition) is 1. The molecule has 0 atom stereocenters. The van der Waals surface area contributed by atoms with Crippen molar-refractivity contribution >= 4 is 23.1 Å². The maximum atomic E-state index is 13.6. The lowest BCUT2D eigenvalue weighted by Gasteiger charge is -2.06. The molecule has 0 saturated carbocycles. The van der Waals surface area contributed by atoms with Crippen LogP contribution < -0.4 is 5.73 Å². The number of ketones is 1. The van der Waals surface area contributed by atoms with Crippen molar-refractivity contribution in [3.63, 3.8) is 0 Å². The molecule has 2 nitrogen and oxygen atoms in total. The van der Waals surface area contributed by atoms with E-state index in [0.717, 1.165) is 12.1 Å². The molecule has 0 unspecified atom stereocenters. The first-order valence-corrected chi connectivity index (χ1v) is 5.88. The molecule has 19 heavy (non-hydrogen) atoms. The van der Waals surface area contributed by atoms with Crippen LogP contribution in [-0.4, -0.2) is 5.78 Å². The lowest BCUT2D eigenvalue weighted by molar-refractivity contribution is 0.0992. The Kier molecular flexibility index (Phi) is 3.81. The summed E-state index contributed by atoms with van der Waals surface area (Å²) in [7, 11) is 0. The minimum Gasteiger partial charge on any atom is -0.396 e. The lowest BCUT2D eigenvalue weighted by Crippen LogP contribution is -2.09. The van der Waals surface area contributed by atoms with E-state index in [4.69, 9.17) is 17.3 Å². The number of nitrogens with two attached hydrogens (primary N) is 1. The van der Waals surface area contributed by atoms with E-state index in [1.807, 2.05) is 0 Å². The number of benzene rings is 2. The topological polar surface area (TPSA) is 43.1 Å². The Morgan fingerprint density at radius 2 is 1.89 bits per heavy atom. The number of Topliss-reactive ketones (excluding diaryl/α,β-unsaturated/α-hetero) is 1. The summed E-state index contributed by atoms with van der Waals surface area (Å²) >= 11 is 5.62. The van der Waals surface area contributed by atoms with Crippen molar-refractivity contribution in [3.8, 4) is 0 Å². The molecule has 2 N–H and O–H groups in total. The normalized spacial score (nSPS) is 10.5. The standard InChI is InChI=1S/C14H10ClF2NO/c15-9-5-4-8(12(17)7-9)6-13(19)10-2-1-3-11(16)14(10)18/h1-5,7H,6,18H2. The van der Waals surface area contributed by atoms with E-state index in [2.05, 4.69) is 0 Å². The highest BCUT2D eigenvalue weighted by molar-refractivity contribution is 6.30. The van der Waals surface area contributed by atoms with Gasteiger partial charge in [-0.25, -0.2) is 8.78 Å². The maximum absolute atomic E-state index is 13.6. The summed E-state index contributed by atoms with van der Waals surface area (Å²) in [6, 6.07) is 7.99. The van der Waals surface area contributed by atoms with Gasteiger partial charge in [0, 0.05) is 17.0 Å². The van der Waals surface area contributed by atoms with Gasteiger partial charge >= 0.3 is 0 Å². The molecule has 5 heteroatoms. The molecule has 0 radical (unpaired) electrons. The van der Waals surface area contributed by atoms with E-state index in [-0.39, 0.29) is 28.3 Å². The SMILES string of the molecule is Nc1c(F)cccc1C(=O)Cc1ccc(Cl)cc1F. The van der Waals surface area contributed by atoms with Crippen molar-refractivity contribution in [2.45, 2.75) is 6.42 Å². The zero-order valence-electron chi connectivity index (χ0n) is 9.79. The Hall–Kier alpha value is -1.94. The van der Waals surface area contributed by atoms with E-state index in [1.165, 1.54) is 24.3 Å². The van der Waals surface area contributed by atoms with Crippen molar-refractivity contribution in [1.29, 1.82) is 0 Å². The van der Waals surface area contributed by atoms with Crippen LogP contribution in [0.15, 0.2) is 36.4 Å². The van der Waals surface area contributed by atoms with Gasteiger partial charge in [0.1, 0.15) is 11.6 Å². The molecular formula is C14H10ClF2NO. The van der Waals surface area contributed by atoms with Crippen LogP contribution in [0.1, 0.15) is 15.9 Å². The summed E-state index contributed by atoms with van der Waals surface area (Å²) in [6.45, 7) is 0. The predicted octanol–water partition coefficient (Wildman–Crippen LogP) is 3.63. The Labute approximate surface area is 113 Å². The molecule has 0 aliphatic rings. The number of para-hydroxylation sites is 1. The Morgan fingerprint density at radius 3 is 2.58 bits per heavy atom. The van der Waals surface area contributed by atoms with Gasteiger partial charge in [-0.1, -0.05) is 23.7 Å². The second kappa shape index (κ2) is 5.36. The lowest BCUT2D eigenvalue weighted by atomic mass is 10.0. The second-order valence-corrected chi connectivity index (χ2v) is 4.47. The highest BCUT2D eigenvalue weighted by Gasteiger charge is 2.15. The first kappa shape index (κ1) is 13.5. The van der Waals surface area contributed by atoms with Crippen molar-refractivity contribution < 1.29 is 13.6 Å². The molecule has 98 valence electrons. The van der Waals surface area contributed by atoms with Crippen LogP contribution in [0.5, 0.6) is 0 Å². The zero-order valence-corrected chi connectivity index (χ0v) is 10.5. The fourth-order valence-corrected chi connectivity index (χ4v) is 1.87. The van der Waals surface area contributed by atoms with Crippen LogP contribution >= 0.6 is 11.6 Å². The van der Waals surface area contributed by atoms with Gasteiger partial charge in [0.05, 0.1) is 5.69 Å². The molecule has 0 bridgehead atoms. The first-order chi connectivity index (χ1) is 8.99. The number of hydrogen-bond acceptors (Lipinski definition) is 2. The van der Waals surface area contributed by atoms with E-state index >= 15 is 0 Å². The van der Waals surface area contributed by atoms with E-state index in [0.29, 0.717) is 0 Å². The van der Waals surface area contributed by atoms with Gasteiger partial charge in [0.15, 0.2) is 5.78 Å². The van der Waals surface area contributed by atoms with Gasteiger partial charge in [-0.3, -0.25) is 4.79 Å². The molecule has 0 spiro atoms. The number of anilines is 1. The third-order valence-electron chi connectivity index (χ3n) is 2.72. The quantitative estimate of drug-likeness (QED) is 0.690. The van der Waals surface area contributed by atoms with Gasteiger partial charge in [0.2, 0.25) is 0 Å². The molecule has 2 aromatic rings. The highest BCUT2D eigenvalue weighted by Crippen LogP contribution is 2.20. The van der Waals surface area contributed by atoms with Crippen LogP contribution in [-0.2, 0) is 6.42 Å². The average Bonchev–Trinajstić information content (AvgIpc) is 2.36. The smallest absolute Gasteiger partial charge is 0.169 e. The van der Waals surface area contributed by atoms with Gasteiger partial charge in [-0.05, 0) is 29.8 Å². The van der Waals surface area contributed by atoms with Gasteiger partial charge in [-0.15, -0.1) is 0 Å². The fourth-order valence-electron chi connectivity index (χ4n) is 1.71.